The van der Waals surface area contributed by atoms with Gasteiger partial charge in [-0.25, -0.2) is 0 Å². The lowest BCUT2D eigenvalue weighted by atomic mass is 9.96. The first kappa shape index (κ1) is 16.8. The number of benzene rings is 1. The third-order valence-corrected chi connectivity index (χ3v) is 4.80. The molecule has 0 saturated heterocycles. The summed E-state index contributed by atoms with van der Waals surface area (Å²) in [5.41, 5.74) is 7.45. The van der Waals surface area contributed by atoms with Gasteiger partial charge in [0.1, 0.15) is 0 Å². The monoisotopic (exact) mass is 310 g/mol. The second-order valence-corrected chi connectivity index (χ2v) is 6.54. The number of rotatable bonds is 8. The number of methoxy groups -OCH3 is 1. The van der Waals surface area contributed by atoms with Crippen LogP contribution in [-0.2, 0) is 4.74 Å². The highest BCUT2D eigenvalue weighted by Gasteiger charge is 2.37. The lowest BCUT2D eigenvalue weighted by Gasteiger charge is -2.39. The molecule has 2 N–H and O–H groups in total. The molecule has 1 aliphatic rings. The van der Waals surface area contributed by atoms with E-state index in [2.05, 4.69) is 24.8 Å². The molecule has 1 saturated carbocycles. The van der Waals surface area contributed by atoms with E-state index in [1.54, 1.807) is 7.11 Å². The number of nitrogens with zero attached hydrogens (tertiary/aromatic N) is 1. The summed E-state index contributed by atoms with van der Waals surface area (Å²) in [4.78, 5) is 2.48. The summed E-state index contributed by atoms with van der Waals surface area (Å²) in [6.45, 7) is 5.96. The maximum absolute atomic E-state index is 6.43. The van der Waals surface area contributed by atoms with Crippen molar-refractivity contribution in [2.45, 2.75) is 44.8 Å². The van der Waals surface area contributed by atoms with E-state index in [0.29, 0.717) is 12.6 Å². The minimum Gasteiger partial charge on any atom is -0.383 e. The van der Waals surface area contributed by atoms with Crippen molar-refractivity contribution in [3.8, 4) is 0 Å². The Morgan fingerprint density at radius 1 is 1.33 bits per heavy atom. The Bertz CT molecular complexity index is 448. The third kappa shape index (κ3) is 4.19. The van der Waals surface area contributed by atoms with Gasteiger partial charge >= 0.3 is 0 Å². The van der Waals surface area contributed by atoms with Crippen molar-refractivity contribution in [2.24, 2.45) is 11.7 Å². The molecule has 3 nitrogen and oxygen atoms in total. The van der Waals surface area contributed by atoms with Crippen LogP contribution < -0.4 is 5.73 Å². The first-order chi connectivity index (χ1) is 10.1. The summed E-state index contributed by atoms with van der Waals surface area (Å²) in [7, 11) is 1.75. The van der Waals surface area contributed by atoms with Gasteiger partial charge in [-0.2, -0.15) is 0 Å². The highest BCUT2D eigenvalue weighted by Crippen LogP contribution is 2.39. The molecule has 0 spiro atoms. The minimum atomic E-state index is 0.0166. The average molecular weight is 311 g/mol. The van der Waals surface area contributed by atoms with Crippen LogP contribution >= 0.6 is 11.6 Å². The van der Waals surface area contributed by atoms with E-state index in [1.807, 2.05) is 18.2 Å². The Kier molecular flexibility index (Phi) is 6.06. The van der Waals surface area contributed by atoms with Gasteiger partial charge in [0.05, 0.1) is 12.6 Å². The van der Waals surface area contributed by atoms with Gasteiger partial charge in [-0.05, 0) is 44.2 Å². The van der Waals surface area contributed by atoms with Crippen molar-refractivity contribution in [2.75, 3.05) is 20.3 Å². The molecular weight excluding hydrogens is 284 g/mol. The van der Waals surface area contributed by atoms with Crippen LogP contribution in [0.25, 0.3) is 0 Å². The van der Waals surface area contributed by atoms with E-state index in [0.717, 1.165) is 23.0 Å². The van der Waals surface area contributed by atoms with Crippen LogP contribution in [0.3, 0.4) is 0 Å². The first-order valence-electron chi connectivity index (χ1n) is 7.81. The van der Waals surface area contributed by atoms with Crippen molar-refractivity contribution >= 4 is 11.6 Å². The first-order valence-corrected chi connectivity index (χ1v) is 8.18. The van der Waals surface area contributed by atoms with Crippen LogP contribution in [0.15, 0.2) is 24.3 Å². The quantitative estimate of drug-likeness (QED) is 0.799. The fourth-order valence-electron chi connectivity index (χ4n) is 3.12. The molecule has 0 aromatic heterocycles. The van der Waals surface area contributed by atoms with Crippen LogP contribution in [0.1, 0.15) is 38.3 Å². The van der Waals surface area contributed by atoms with Crippen molar-refractivity contribution in [3.05, 3.63) is 34.9 Å². The number of hydrogen-bond acceptors (Lipinski definition) is 3. The molecule has 0 amide bonds. The van der Waals surface area contributed by atoms with E-state index in [9.17, 15) is 0 Å². The van der Waals surface area contributed by atoms with Crippen molar-refractivity contribution < 1.29 is 4.74 Å². The topological polar surface area (TPSA) is 38.5 Å². The Labute approximate surface area is 133 Å². The fraction of sp³-hybridized carbons (Fsp3) is 0.647. The van der Waals surface area contributed by atoms with Crippen LogP contribution in [0.4, 0.5) is 0 Å². The van der Waals surface area contributed by atoms with Gasteiger partial charge in [-0.3, -0.25) is 4.90 Å². The van der Waals surface area contributed by atoms with Crippen molar-refractivity contribution in [3.63, 3.8) is 0 Å². The maximum atomic E-state index is 6.43. The van der Waals surface area contributed by atoms with E-state index in [4.69, 9.17) is 22.1 Å². The molecule has 118 valence electrons. The number of halogens is 1. The second-order valence-electron chi connectivity index (χ2n) is 6.13. The van der Waals surface area contributed by atoms with E-state index in [1.165, 1.54) is 12.8 Å². The third-order valence-electron chi connectivity index (χ3n) is 4.46. The van der Waals surface area contributed by atoms with Crippen molar-refractivity contribution in [1.29, 1.82) is 0 Å². The lowest BCUT2D eigenvalue weighted by Crippen LogP contribution is -2.46. The Morgan fingerprint density at radius 2 is 2.00 bits per heavy atom. The zero-order chi connectivity index (χ0) is 15.4. The Morgan fingerprint density at radius 3 is 2.52 bits per heavy atom. The van der Waals surface area contributed by atoms with Crippen LogP contribution in [0, 0.1) is 5.92 Å². The number of ether oxygens (including phenoxy) is 1. The molecule has 1 fully saturated rings. The summed E-state index contributed by atoms with van der Waals surface area (Å²) in [6, 6.07) is 8.69. The molecule has 0 aliphatic heterocycles. The summed E-state index contributed by atoms with van der Waals surface area (Å²) in [5, 5.41) is 0.796. The van der Waals surface area contributed by atoms with Crippen LogP contribution in [0.5, 0.6) is 0 Å². The predicted molar refractivity (Wildman–Crippen MR) is 88.6 cm³/mol. The molecule has 2 rings (SSSR count). The minimum absolute atomic E-state index is 0.0166. The van der Waals surface area contributed by atoms with Gasteiger partial charge in [-0.15, -0.1) is 0 Å². The Balaban J connectivity index is 2.29. The fourth-order valence-corrected chi connectivity index (χ4v) is 3.37. The molecule has 0 radical (unpaired) electrons. The average Bonchev–Trinajstić information content (AvgIpc) is 3.28. The molecule has 0 heterocycles. The molecule has 1 aliphatic carbocycles. The van der Waals surface area contributed by atoms with Crippen LogP contribution in [-0.4, -0.2) is 37.2 Å². The summed E-state index contributed by atoms with van der Waals surface area (Å²) in [6.07, 6.45) is 2.64. The van der Waals surface area contributed by atoms with Gasteiger partial charge in [0.15, 0.2) is 0 Å². The van der Waals surface area contributed by atoms with Gasteiger partial charge in [-0.1, -0.05) is 29.8 Å². The van der Waals surface area contributed by atoms with Gasteiger partial charge in [0.25, 0.3) is 0 Å². The zero-order valence-corrected chi connectivity index (χ0v) is 14.0. The summed E-state index contributed by atoms with van der Waals surface area (Å²) in [5.74, 6) is 0.783. The molecule has 21 heavy (non-hydrogen) atoms. The summed E-state index contributed by atoms with van der Waals surface area (Å²) >= 11 is 6.43. The van der Waals surface area contributed by atoms with E-state index >= 15 is 0 Å². The molecule has 0 bridgehead atoms. The SMILES string of the molecule is COCCN(C(C)C1CC1)C(c1ccccc1Cl)C(C)N. The number of hydrogen-bond donors (Lipinski definition) is 1. The molecular formula is C17H27ClN2O. The second kappa shape index (κ2) is 7.59. The normalized spacial score (nSPS) is 19.5. The maximum Gasteiger partial charge on any atom is 0.0590 e. The molecule has 3 atom stereocenters. The summed E-state index contributed by atoms with van der Waals surface area (Å²) < 4.78 is 5.30. The Hall–Kier alpha value is -0.610. The van der Waals surface area contributed by atoms with E-state index in [-0.39, 0.29) is 12.1 Å². The van der Waals surface area contributed by atoms with Gasteiger partial charge in [0.2, 0.25) is 0 Å². The van der Waals surface area contributed by atoms with Crippen LogP contribution in [0.2, 0.25) is 5.02 Å². The number of nitrogens with two attached hydrogens (primary N) is 1. The highest BCUT2D eigenvalue weighted by atomic mass is 35.5. The smallest absolute Gasteiger partial charge is 0.0590 e. The van der Waals surface area contributed by atoms with Crippen molar-refractivity contribution in [1.82, 2.24) is 4.90 Å². The molecule has 1 aromatic rings. The molecule has 1 aromatic carbocycles. The standard InChI is InChI=1S/C17H27ClN2O/c1-12(19)17(15-6-4-5-7-16(15)18)20(10-11-21-3)13(2)14-8-9-14/h4-7,12-14,17H,8-11,19H2,1-3H3. The lowest BCUT2D eigenvalue weighted by molar-refractivity contribution is 0.0720. The van der Waals surface area contributed by atoms with E-state index < -0.39 is 0 Å². The molecule has 4 heteroatoms. The predicted octanol–water partition coefficient (Wildman–Crippen LogP) is 3.48. The molecule has 3 unspecified atom stereocenters. The zero-order valence-electron chi connectivity index (χ0n) is 13.3. The largest absolute Gasteiger partial charge is 0.383 e. The highest BCUT2D eigenvalue weighted by molar-refractivity contribution is 6.31. The van der Waals surface area contributed by atoms with Gasteiger partial charge in [0, 0.05) is 30.8 Å². The van der Waals surface area contributed by atoms with Gasteiger partial charge < -0.3 is 10.5 Å².